The van der Waals surface area contributed by atoms with E-state index in [2.05, 4.69) is 5.16 Å². The maximum Gasteiger partial charge on any atom is 0.233 e. The van der Waals surface area contributed by atoms with E-state index >= 15 is 0 Å². The third-order valence-electron chi connectivity index (χ3n) is 3.72. The molecule has 5 heteroatoms. The number of amidine groups is 1. The Balaban J connectivity index is 2.12. The molecule has 0 radical (unpaired) electrons. The third-order valence-corrected chi connectivity index (χ3v) is 3.72. The molecule has 1 aromatic carbocycles. The summed E-state index contributed by atoms with van der Waals surface area (Å²) in [6, 6.07) is 9.66. The average Bonchev–Trinajstić information content (AvgIpc) is 2.53. The number of oxime groups is 1. The van der Waals surface area contributed by atoms with Gasteiger partial charge in [-0.25, -0.2) is 0 Å². The number of hydrogen-bond donors (Lipinski definition) is 2. The van der Waals surface area contributed by atoms with Gasteiger partial charge in [-0.05, 0) is 31.2 Å². The minimum atomic E-state index is -0.583. The Hall–Kier alpha value is -2.04. The number of amides is 1. The van der Waals surface area contributed by atoms with E-state index in [-0.39, 0.29) is 11.7 Å². The fourth-order valence-corrected chi connectivity index (χ4v) is 2.57. The highest BCUT2D eigenvalue weighted by molar-refractivity contribution is 6.02. The van der Waals surface area contributed by atoms with E-state index in [1.165, 1.54) is 0 Å². The minimum absolute atomic E-state index is 0.00979. The summed E-state index contributed by atoms with van der Waals surface area (Å²) in [5.74, 6) is -0.631. The van der Waals surface area contributed by atoms with Gasteiger partial charge in [-0.15, -0.1) is 0 Å². The fourth-order valence-electron chi connectivity index (χ4n) is 2.57. The van der Waals surface area contributed by atoms with Crippen molar-refractivity contribution in [3.05, 3.63) is 35.9 Å². The molecule has 0 aromatic heterocycles. The van der Waals surface area contributed by atoms with Gasteiger partial charge in [0.2, 0.25) is 5.91 Å². The molecule has 1 aromatic rings. The van der Waals surface area contributed by atoms with E-state index in [4.69, 9.17) is 10.9 Å². The van der Waals surface area contributed by atoms with E-state index in [0.29, 0.717) is 6.42 Å². The highest BCUT2D eigenvalue weighted by atomic mass is 16.4. The van der Waals surface area contributed by atoms with Crippen LogP contribution in [0.3, 0.4) is 0 Å². The summed E-state index contributed by atoms with van der Waals surface area (Å²) >= 11 is 0. The van der Waals surface area contributed by atoms with E-state index in [9.17, 15) is 4.79 Å². The summed E-state index contributed by atoms with van der Waals surface area (Å²) in [5.41, 5.74) is 6.73. The minimum Gasteiger partial charge on any atom is -0.409 e. The van der Waals surface area contributed by atoms with E-state index in [1.54, 1.807) is 0 Å². The van der Waals surface area contributed by atoms with Gasteiger partial charge in [0.25, 0.3) is 0 Å². The summed E-state index contributed by atoms with van der Waals surface area (Å²) in [6.45, 7) is 1.53. The second-order valence-corrected chi connectivity index (χ2v) is 5.15. The van der Waals surface area contributed by atoms with Gasteiger partial charge in [-0.1, -0.05) is 35.5 Å². The highest BCUT2D eigenvalue weighted by Gasteiger charge is 2.29. The van der Waals surface area contributed by atoms with E-state index in [0.717, 1.165) is 37.9 Å². The monoisotopic (exact) mass is 275 g/mol. The molecule has 3 N–H and O–H groups in total. The first-order valence-electron chi connectivity index (χ1n) is 7.02. The van der Waals surface area contributed by atoms with Crippen LogP contribution in [0, 0.1) is 5.92 Å². The highest BCUT2D eigenvalue weighted by Crippen LogP contribution is 2.16. The first-order chi connectivity index (χ1) is 9.72. The molecule has 0 saturated carbocycles. The molecular weight excluding hydrogens is 254 g/mol. The van der Waals surface area contributed by atoms with Crippen molar-refractivity contribution in [2.75, 3.05) is 13.1 Å². The van der Waals surface area contributed by atoms with Gasteiger partial charge in [0.05, 0.1) is 0 Å². The van der Waals surface area contributed by atoms with Crippen LogP contribution >= 0.6 is 0 Å². The lowest BCUT2D eigenvalue weighted by Gasteiger charge is -2.30. The van der Waals surface area contributed by atoms with Crippen LogP contribution in [0.5, 0.6) is 0 Å². The molecule has 1 amide bonds. The van der Waals surface area contributed by atoms with Gasteiger partial charge in [-0.2, -0.15) is 0 Å². The number of nitrogens with zero attached hydrogens (tertiary/aromatic N) is 2. The van der Waals surface area contributed by atoms with Crippen LogP contribution < -0.4 is 5.73 Å². The number of nitrogens with two attached hydrogens (primary N) is 1. The molecule has 1 aliphatic heterocycles. The molecule has 1 atom stereocenters. The summed E-state index contributed by atoms with van der Waals surface area (Å²) in [6.07, 6.45) is 3.68. The maximum absolute atomic E-state index is 12.6. The Labute approximate surface area is 119 Å². The molecule has 1 unspecified atom stereocenters. The van der Waals surface area contributed by atoms with Crippen LogP contribution in [-0.2, 0) is 11.2 Å². The number of likely N-dealkylation sites (tertiary alicyclic amines) is 1. The normalized spacial score (nSPS) is 17.8. The SMILES string of the molecule is NC(=NO)C(Cc1ccccc1)C(=O)N1CCCCC1. The Morgan fingerprint density at radius 2 is 1.90 bits per heavy atom. The van der Waals surface area contributed by atoms with Crippen molar-refractivity contribution in [2.45, 2.75) is 25.7 Å². The Bertz CT molecular complexity index is 467. The van der Waals surface area contributed by atoms with Crippen LogP contribution in [0.2, 0.25) is 0 Å². The second kappa shape index (κ2) is 6.93. The quantitative estimate of drug-likeness (QED) is 0.379. The van der Waals surface area contributed by atoms with Crippen molar-refractivity contribution < 1.29 is 10.0 Å². The van der Waals surface area contributed by atoms with Crippen molar-refractivity contribution in [3.63, 3.8) is 0 Å². The molecule has 0 aliphatic carbocycles. The standard InChI is InChI=1S/C15H21N3O2/c16-14(17-20)13(11-12-7-3-1-4-8-12)15(19)18-9-5-2-6-10-18/h1,3-4,7-8,13,20H,2,5-6,9-11H2,(H2,16,17). The predicted octanol–water partition coefficient (Wildman–Crippen LogP) is 1.60. The summed E-state index contributed by atoms with van der Waals surface area (Å²) < 4.78 is 0. The van der Waals surface area contributed by atoms with Gasteiger partial charge in [0, 0.05) is 13.1 Å². The Morgan fingerprint density at radius 3 is 2.50 bits per heavy atom. The number of benzene rings is 1. The molecule has 20 heavy (non-hydrogen) atoms. The molecular formula is C15H21N3O2. The van der Waals surface area contributed by atoms with Crippen molar-refractivity contribution in [1.82, 2.24) is 4.90 Å². The molecule has 1 aliphatic rings. The Morgan fingerprint density at radius 1 is 1.25 bits per heavy atom. The number of hydrogen-bond acceptors (Lipinski definition) is 3. The summed E-state index contributed by atoms with van der Waals surface area (Å²) in [4.78, 5) is 14.4. The first kappa shape index (κ1) is 14.4. The van der Waals surface area contributed by atoms with Crippen molar-refractivity contribution in [3.8, 4) is 0 Å². The largest absolute Gasteiger partial charge is 0.409 e. The second-order valence-electron chi connectivity index (χ2n) is 5.15. The van der Waals surface area contributed by atoms with Gasteiger partial charge in [0.1, 0.15) is 5.92 Å². The lowest BCUT2D eigenvalue weighted by Crippen LogP contribution is -2.45. The summed E-state index contributed by atoms with van der Waals surface area (Å²) in [7, 11) is 0. The van der Waals surface area contributed by atoms with Crippen LogP contribution in [0.1, 0.15) is 24.8 Å². The van der Waals surface area contributed by atoms with Gasteiger partial charge in [-0.3, -0.25) is 4.79 Å². The van der Waals surface area contributed by atoms with Crippen molar-refractivity contribution >= 4 is 11.7 Å². The zero-order valence-corrected chi connectivity index (χ0v) is 11.5. The number of carbonyl (C=O) groups excluding carboxylic acids is 1. The van der Waals surface area contributed by atoms with Crippen molar-refractivity contribution in [2.24, 2.45) is 16.8 Å². The van der Waals surface area contributed by atoms with Crippen LogP contribution in [0.15, 0.2) is 35.5 Å². The molecule has 1 saturated heterocycles. The van der Waals surface area contributed by atoms with Gasteiger partial charge < -0.3 is 15.8 Å². The molecule has 0 bridgehead atoms. The van der Waals surface area contributed by atoms with E-state index in [1.807, 2.05) is 35.2 Å². The lowest BCUT2D eigenvalue weighted by atomic mass is 9.96. The molecule has 5 nitrogen and oxygen atoms in total. The van der Waals surface area contributed by atoms with Gasteiger partial charge >= 0.3 is 0 Å². The number of rotatable bonds is 4. The molecule has 108 valence electrons. The zero-order valence-electron chi connectivity index (χ0n) is 11.5. The van der Waals surface area contributed by atoms with Crippen LogP contribution in [-0.4, -0.2) is 34.9 Å². The lowest BCUT2D eigenvalue weighted by molar-refractivity contribution is -0.134. The van der Waals surface area contributed by atoms with Gasteiger partial charge in [0.15, 0.2) is 5.84 Å². The number of carbonyl (C=O) groups is 1. The first-order valence-corrected chi connectivity index (χ1v) is 7.02. The molecule has 0 spiro atoms. The molecule has 1 heterocycles. The summed E-state index contributed by atoms with van der Waals surface area (Å²) in [5, 5.41) is 12.0. The van der Waals surface area contributed by atoms with Crippen molar-refractivity contribution in [1.29, 1.82) is 0 Å². The Kier molecular flexibility index (Phi) is 4.98. The predicted molar refractivity (Wildman–Crippen MR) is 77.5 cm³/mol. The molecule has 2 rings (SSSR count). The fraction of sp³-hybridized carbons (Fsp3) is 0.467. The smallest absolute Gasteiger partial charge is 0.233 e. The maximum atomic E-state index is 12.6. The van der Waals surface area contributed by atoms with Crippen LogP contribution in [0.25, 0.3) is 0 Å². The van der Waals surface area contributed by atoms with Crippen LogP contribution in [0.4, 0.5) is 0 Å². The average molecular weight is 275 g/mol. The van der Waals surface area contributed by atoms with E-state index < -0.39 is 5.92 Å². The molecule has 1 fully saturated rings. The third kappa shape index (κ3) is 3.50. The number of piperidine rings is 1. The topological polar surface area (TPSA) is 78.9 Å². The zero-order chi connectivity index (χ0) is 14.4.